The molecule has 0 saturated heterocycles. The molecule has 1 amide bonds. The summed E-state index contributed by atoms with van der Waals surface area (Å²) in [5, 5.41) is 2.76. The van der Waals surface area contributed by atoms with Gasteiger partial charge in [-0.2, -0.15) is 0 Å². The molecule has 1 N–H and O–H groups in total. The van der Waals surface area contributed by atoms with Crippen LogP contribution in [0.4, 0.5) is 0 Å². The van der Waals surface area contributed by atoms with Crippen LogP contribution in [0.5, 0.6) is 0 Å². The highest BCUT2D eigenvalue weighted by atomic mass is 32.2. The van der Waals surface area contributed by atoms with E-state index in [2.05, 4.69) is 10.3 Å². The van der Waals surface area contributed by atoms with E-state index in [-0.39, 0.29) is 29.0 Å². The first-order valence-corrected chi connectivity index (χ1v) is 9.03. The van der Waals surface area contributed by atoms with Crippen molar-refractivity contribution in [1.82, 2.24) is 10.3 Å². The summed E-state index contributed by atoms with van der Waals surface area (Å²) in [4.78, 5) is 16.4. The van der Waals surface area contributed by atoms with E-state index in [0.717, 1.165) is 11.3 Å². The Morgan fingerprint density at radius 2 is 1.87 bits per heavy atom. The van der Waals surface area contributed by atoms with E-state index in [1.54, 1.807) is 36.5 Å². The number of nitrogens with zero attached hydrogens (tertiary/aromatic N) is 1. The minimum Gasteiger partial charge on any atom is -0.348 e. The quantitative estimate of drug-likeness (QED) is 0.881. The molecule has 1 unspecified atom stereocenters. The van der Waals surface area contributed by atoms with Crippen LogP contribution in [0.15, 0.2) is 53.6 Å². The molecule has 122 valence electrons. The van der Waals surface area contributed by atoms with Gasteiger partial charge in [0.25, 0.3) is 0 Å². The van der Waals surface area contributed by atoms with Gasteiger partial charge >= 0.3 is 0 Å². The number of carbonyl (C=O) groups is 1. The fraction of sp³-hybridized carbons (Fsp3) is 0.294. The van der Waals surface area contributed by atoms with Gasteiger partial charge in [-0.15, -0.1) is 0 Å². The third-order valence-electron chi connectivity index (χ3n) is 3.49. The van der Waals surface area contributed by atoms with Crippen molar-refractivity contribution >= 4 is 15.7 Å². The van der Waals surface area contributed by atoms with Crippen LogP contribution >= 0.6 is 0 Å². The summed E-state index contributed by atoms with van der Waals surface area (Å²) in [7, 11) is -3.45. The van der Waals surface area contributed by atoms with Crippen molar-refractivity contribution in [2.75, 3.05) is 5.75 Å². The van der Waals surface area contributed by atoms with Gasteiger partial charge in [-0.25, -0.2) is 8.42 Å². The molecule has 0 aliphatic heterocycles. The number of nitrogens with one attached hydrogen (secondary N) is 1. The Kier molecular flexibility index (Phi) is 5.50. The molecular weight excluding hydrogens is 312 g/mol. The lowest BCUT2D eigenvalue weighted by Crippen LogP contribution is -2.28. The Balaban J connectivity index is 1.92. The summed E-state index contributed by atoms with van der Waals surface area (Å²) in [6.07, 6.45) is 1.58. The van der Waals surface area contributed by atoms with E-state index in [1.165, 1.54) is 0 Å². The van der Waals surface area contributed by atoms with Crippen LogP contribution in [-0.2, 0) is 14.6 Å². The molecule has 0 saturated carbocycles. The average molecular weight is 332 g/mol. The Morgan fingerprint density at radius 3 is 2.48 bits per heavy atom. The first-order valence-electron chi connectivity index (χ1n) is 7.38. The van der Waals surface area contributed by atoms with E-state index >= 15 is 0 Å². The second kappa shape index (κ2) is 7.37. The van der Waals surface area contributed by atoms with E-state index < -0.39 is 9.84 Å². The topological polar surface area (TPSA) is 76.1 Å². The molecule has 0 fully saturated rings. The predicted octanol–water partition coefficient (Wildman–Crippen LogP) is 2.43. The zero-order chi connectivity index (χ0) is 16.9. The molecule has 2 aromatic rings. The van der Waals surface area contributed by atoms with Gasteiger partial charge in [0, 0.05) is 12.6 Å². The molecule has 23 heavy (non-hydrogen) atoms. The second-order valence-corrected chi connectivity index (χ2v) is 7.53. The van der Waals surface area contributed by atoms with E-state index in [1.807, 2.05) is 26.0 Å². The van der Waals surface area contributed by atoms with Crippen LogP contribution in [0.1, 0.15) is 30.6 Å². The second-order valence-electron chi connectivity index (χ2n) is 5.43. The van der Waals surface area contributed by atoms with Crippen LogP contribution in [0, 0.1) is 6.92 Å². The molecule has 1 atom stereocenters. The number of rotatable bonds is 6. The van der Waals surface area contributed by atoms with Crippen molar-refractivity contribution < 1.29 is 13.2 Å². The lowest BCUT2D eigenvalue weighted by atomic mass is 10.2. The molecule has 1 heterocycles. The highest BCUT2D eigenvalue weighted by molar-refractivity contribution is 7.91. The van der Waals surface area contributed by atoms with Crippen molar-refractivity contribution in [3.05, 3.63) is 59.9 Å². The Morgan fingerprint density at radius 1 is 1.17 bits per heavy atom. The number of aryl methyl sites for hydroxylation is 1. The van der Waals surface area contributed by atoms with Gasteiger partial charge in [-0.1, -0.05) is 23.8 Å². The molecule has 0 aliphatic rings. The van der Waals surface area contributed by atoms with Crippen LogP contribution in [0.3, 0.4) is 0 Å². The minimum absolute atomic E-state index is 0.0760. The van der Waals surface area contributed by atoms with Crippen molar-refractivity contribution in [2.45, 2.75) is 31.2 Å². The lowest BCUT2D eigenvalue weighted by molar-refractivity contribution is -0.121. The highest BCUT2D eigenvalue weighted by Crippen LogP contribution is 2.14. The summed E-state index contributed by atoms with van der Waals surface area (Å²) in [6, 6.07) is 11.8. The Bertz CT molecular complexity index is 756. The number of carbonyl (C=O) groups excluding carboxylic acids is 1. The number of benzene rings is 1. The van der Waals surface area contributed by atoms with Gasteiger partial charge in [0.05, 0.1) is 22.4 Å². The zero-order valence-electron chi connectivity index (χ0n) is 13.2. The van der Waals surface area contributed by atoms with Gasteiger partial charge in [-0.05, 0) is 38.1 Å². The number of sulfone groups is 1. The SMILES string of the molecule is Cc1ccc(S(=O)(=O)CCC(=O)NC(C)c2ccccn2)cc1. The summed E-state index contributed by atoms with van der Waals surface area (Å²) in [5.74, 6) is -0.518. The lowest BCUT2D eigenvalue weighted by Gasteiger charge is -2.13. The summed E-state index contributed by atoms with van der Waals surface area (Å²) >= 11 is 0. The zero-order valence-corrected chi connectivity index (χ0v) is 14.0. The van der Waals surface area contributed by atoms with Gasteiger partial charge in [0.2, 0.25) is 5.91 Å². The fourth-order valence-corrected chi connectivity index (χ4v) is 3.35. The van der Waals surface area contributed by atoms with Crippen molar-refractivity contribution in [1.29, 1.82) is 0 Å². The molecule has 1 aromatic carbocycles. The van der Waals surface area contributed by atoms with Crippen LogP contribution in [0.25, 0.3) is 0 Å². The van der Waals surface area contributed by atoms with Crippen LogP contribution in [0.2, 0.25) is 0 Å². The smallest absolute Gasteiger partial charge is 0.221 e. The standard InChI is InChI=1S/C17H20N2O3S/c1-13-6-8-15(9-7-13)23(21,22)12-10-17(20)19-14(2)16-5-3-4-11-18-16/h3-9,11,14H,10,12H2,1-2H3,(H,19,20). The highest BCUT2D eigenvalue weighted by Gasteiger charge is 2.17. The third kappa shape index (κ3) is 4.89. The fourth-order valence-electron chi connectivity index (χ4n) is 2.11. The summed E-state index contributed by atoms with van der Waals surface area (Å²) in [6.45, 7) is 3.71. The first-order chi connectivity index (χ1) is 10.9. The molecule has 2 rings (SSSR count). The van der Waals surface area contributed by atoms with E-state index in [9.17, 15) is 13.2 Å². The third-order valence-corrected chi connectivity index (χ3v) is 5.22. The maximum absolute atomic E-state index is 12.2. The summed E-state index contributed by atoms with van der Waals surface area (Å²) in [5.41, 5.74) is 1.73. The normalized spacial score (nSPS) is 12.6. The van der Waals surface area contributed by atoms with Crippen LogP contribution < -0.4 is 5.32 Å². The number of hydrogen-bond acceptors (Lipinski definition) is 4. The molecule has 0 aliphatic carbocycles. The van der Waals surface area contributed by atoms with Gasteiger partial charge in [0.1, 0.15) is 0 Å². The number of hydrogen-bond donors (Lipinski definition) is 1. The monoisotopic (exact) mass is 332 g/mol. The summed E-state index contributed by atoms with van der Waals surface area (Å²) < 4.78 is 24.4. The molecule has 6 heteroatoms. The average Bonchev–Trinajstić information content (AvgIpc) is 2.54. The Hall–Kier alpha value is -2.21. The van der Waals surface area contributed by atoms with Gasteiger partial charge in [0.15, 0.2) is 9.84 Å². The van der Waals surface area contributed by atoms with Crippen molar-refractivity contribution in [3.8, 4) is 0 Å². The molecule has 0 bridgehead atoms. The van der Waals surface area contributed by atoms with E-state index in [4.69, 9.17) is 0 Å². The number of pyridine rings is 1. The molecule has 1 aromatic heterocycles. The predicted molar refractivity (Wildman–Crippen MR) is 88.6 cm³/mol. The maximum atomic E-state index is 12.2. The largest absolute Gasteiger partial charge is 0.348 e. The maximum Gasteiger partial charge on any atom is 0.221 e. The number of aromatic nitrogens is 1. The molecular formula is C17H20N2O3S. The van der Waals surface area contributed by atoms with Crippen LogP contribution in [-0.4, -0.2) is 25.1 Å². The van der Waals surface area contributed by atoms with Crippen molar-refractivity contribution in [3.63, 3.8) is 0 Å². The molecule has 0 radical (unpaired) electrons. The van der Waals surface area contributed by atoms with Gasteiger partial charge < -0.3 is 5.32 Å². The number of amides is 1. The minimum atomic E-state index is -3.45. The van der Waals surface area contributed by atoms with Crippen molar-refractivity contribution in [2.24, 2.45) is 0 Å². The molecule has 0 spiro atoms. The molecule has 5 nitrogen and oxygen atoms in total. The van der Waals surface area contributed by atoms with E-state index in [0.29, 0.717) is 0 Å². The Labute approximate surface area is 136 Å². The van der Waals surface area contributed by atoms with Gasteiger partial charge in [-0.3, -0.25) is 9.78 Å². The first kappa shape index (κ1) is 17.1.